The molecule has 1 heterocycles. The van der Waals surface area contributed by atoms with E-state index in [1.54, 1.807) is 23.6 Å². The lowest BCUT2D eigenvalue weighted by molar-refractivity contribution is -0.143. The molecule has 0 saturated heterocycles. The van der Waals surface area contributed by atoms with Gasteiger partial charge < -0.3 is 10.1 Å². The fraction of sp³-hybridized carbons (Fsp3) is 0.500. The van der Waals surface area contributed by atoms with Gasteiger partial charge in [0.05, 0.1) is 23.3 Å². The van der Waals surface area contributed by atoms with Crippen LogP contribution in [0.25, 0.3) is 10.9 Å². The number of unbranched alkanes of at least 4 members (excludes halogenated alkanes) is 1. The summed E-state index contributed by atoms with van der Waals surface area (Å²) in [5, 5.41) is 3.93. The number of thioether (sulfide) groups is 1. The predicted molar refractivity (Wildman–Crippen MR) is 111 cm³/mol. The number of para-hydroxylation sites is 1. The summed E-state index contributed by atoms with van der Waals surface area (Å²) in [6.45, 7) is 5.18. The number of aromatic nitrogens is 2. The first-order chi connectivity index (χ1) is 13.6. The Morgan fingerprint density at radius 1 is 1.21 bits per heavy atom. The molecule has 1 N–H and O–H groups in total. The summed E-state index contributed by atoms with van der Waals surface area (Å²) < 4.78 is 6.51. The van der Waals surface area contributed by atoms with E-state index >= 15 is 0 Å². The zero-order valence-electron chi connectivity index (χ0n) is 16.4. The van der Waals surface area contributed by atoms with Gasteiger partial charge in [0.25, 0.3) is 5.56 Å². The van der Waals surface area contributed by atoms with E-state index in [9.17, 15) is 14.4 Å². The Labute approximate surface area is 168 Å². The van der Waals surface area contributed by atoms with Crippen LogP contribution in [-0.4, -0.2) is 40.3 Å². The Morgan fingerprint density at radius 3 is 2.75 bits per heavy atom. The molecular formula is C20H27N3O4S. The average molecular weight is 406 g/mol. The fourth-order valence-corrected chi connectivity index (χ4v) is 3.50. The van der Waals surface area contributed by atoms with E-state index in [4.69, 9.17) is 4.74 Å². The van der Waals surface area contributed by atoms with E-state index in [-0.39, 0.29) is 29.6 Å². The normalized spacial score (nSPS) is 10.8. The molecule has 0 bridgehead atoms. The van der Waals surface area contributed by atoms with Crippen LogP contribution in [0.1, 0.15) is 39.5 Å². The minimum Gasteiger partial charge on any atom is -0.466 e. The Morgan fingerprint density at radius 2 is 2.00 bits per heavy atom. The van der Waals surface area contributed by atoms with Crippen molar-refractivity contribution < 1.29 is 14.3 Å². The highest BCUT2D eigenvalue weighted by atomic mass is 32.2. The molecule has 1 amide bonds. The number of fused-ring (bicyclic) bond motifs is 1. The fourth-order valence-electron chi connectivity index (χ4n) is 2.65. The molecule has 0 radical (unpaired) electrons. The molecule has 0 unspecified atom stereocenters. The molecule has 0 aliphatic carbocycles. The van der Waals surface area contributed by atoms with Gasteiger partial charge in [-0.3, -0.25) is 19.0 Å². The topological polar surface area (TPSA) is 90.3 Å². The molecule has 7 nitrogen and oxygen atoms in total. The number of hydrogen-bond acceptors (Lipinski definition) is 6. The molecule has 2 rings (SSSR count). The first-order valence-electron chi connectivity index (χ1n) is 9.61. The van der Waals surface area contributed by atoms with Gasteiger partial charge in [0.15, 0.2) is 5.16 Å². The third kappa shape index (κ3) is 6.37. The quantitative estimate of drug-likeness (QED) is 0.268. The lowest BCUT2D eigenvalue weighted by Gasteiger charge is -2.12. The van der Waals surface area contributed by atoms with Crippen molar-refractivity contribution >= 4 is 34.5 Å². The highest BCUT2D eigenvalue weighted by Crippen LogP contribution is 2.18. The monoisotopic (exact) mass is 405 g/mol. The van der Waals surface area contributed by atoms with Gasteiger partial charge in [0, 0.05) is 19.5 Å². The van der Waals surface area contributed by atoms with Crippen molar-refractivity contribution in [3.05, 3.63) is 34.6 Å². The zero-order chi connectivity index (χ0) is 20.4. The van der Waals surface area contributed by atoms with Gasteiger partial charge in [-0.25, -0.2) is 4.98 Å². The highest BCUT2D eigenvalue weighted by molar-refractivity contribution is 7.99. The molecule has 28 heavy (non-hydrogen) atoms. The summed E-state index contributed by atoms with van der Waals surface area (Å²) in [5.41, 5.74) is 0.564. The van der Waals surface area contributed by atoms with Crippen molar-refractivity contribution in [3.63, 3.8) is 0 Å². The number of benzene rings is 1. The number of hydrogen-bond donors (Lipinski definition) is 1. The molecule has 0 aliphatic rings. The Kier molecular flexibility index (Phi) is 9.00. The van der Waals surface area contributed by atoms with Gasteiger partial charge in [-0.05, 0) is 31.9 Å². The predicted octanol–water partition coefficient (Wildman–Crippen LogP) is 2.75. The van der Waals surface area contributed by atoms with E-state index in [2.05, 4.69) is 17.2 Å². The van der Waals surface area contributed by atoms with E-state index < -0.39 is 0 Å². The van der Waals surface area contributed by atoms with Crippen LogP contribution in [0.15, 0.2) is 34.2 Å². The summed E-state index contributed by atoms with van der Waals surface area (Å²) in [6.07, 6.45) is 2.65. The number of rotatable bonds is 11. The number of ether oxygens (including phenoxy) is 1. The average Bonchev–Trinajstić information content (AvgIpc) is 2.69. The van der Waals surface area contributed by atoms with Crippen LogP contribution in [-0.2, 0) is 20.9 Å². The van der Waals surface area contributed by atoms with Gasteiger partial charge in [-0.1, -0.05) is 37.2 Å². The molecule has 1 aromatic carbocycles. The van der Waals surface area contributed by atoms with E-state index in [0.717, 1.165) is 12.8 Å². The number of nitrogens with one attached hydrogen (secondary N) is 1. The number of nitrogens with zero attached hydrogens (tertiary/aromatic N) is 2. The Bertz CT molecular complexity index is 866. The van der Waals surface area contributed by atoms with Crippen LogP contribution in [0.3, 0.4) is 0 Å². The van der Waals surface area contributed by atoms with Crippen LogP contribution >= 0.6 is 11.8 Å². The number of esters is 1. The molecule has 8 heteroatoms. The molecule has 0 saturated carbocycles. The third-order valence-electron chi connectivity index (χ3n) is 4.08. The van der Waals surface area contributed by atoms with Crippen molar-refractivity contribution in [3.8, 4) is 0 Å². The van der Waals surface area contributed by atoms with Crippen LogP contribution in [0.2, 0.25) is 0 Å². The second kappa shape index (κ2) is 11.5. The maximum Gasteiger partial charge on any atom is 0.305 e. The van der Waals surface area contributed by atoms with Crippen LogP contribution in [0, 0.1) is 0 Å². The van der Waals surface area contributed by atoms with Crippen LogP contribution < -0.4 is 10.9 Å². The first-order valence-corrected chi connectivity index (χ1v) is 10.6. The molecule has 0 atom stereocenters. The molecule has 0 fully saturated rings. The lowest BCUT2D eigenvalue weighted by Crippen LogP contribution is -2.28. The molecule has 0 aliphatic heterocycles. The smallest absolute Gasteiger partial charge is 0.305 e. The summed E-state index contributed by atoms with van der Waals surface area (Å²) in [7, 11) is 0. The maximum absolute atomic E-state index is 12.8. The van der Waals surface area contributed by atoms with Crippen molar-refractivity contribution in [1.29, 1.82) is 0 Å². The molecule has 2 aromatic rings. The largest absolute Gasteiger partial charge is 0.466 e. The lowest BCUT2D eigenvalue weighted by atomic mass is 10.2. The van der Waals surface area contributed by atoms with E-state index in [1.807, 2.05) is 12.1 Å². The van der Waals surface area contributed by atoms with Gasteiger partial charge in [-0.15, -0.1) is 0 Å². The minimum atomic E-state index is -0.258. The Hall–Kier alpha value is -2.35. The minimum absolute atomic E-state index is 0.0728. The summed E-state index contributed by atoms with van der Waals surface area (Å²) >= 11 is 1.26. The number of amides is 1. The second-order valence-corrected chi connectivity index (χ2v) is 7.21. The van der Waals surface area contributed by atoms with Crippen molar-refractivity contribution in [1.82, 2.24) is 14.9 Å². The van der Waals surface area contributed by atoms with Crippen molar-refractivity contribution in [2.45, 2.75) is 51.2 Å². The van der Waals surface area contributed by atoms with Crippen molar-refractivity contribution in [2.75, 3.05) is 18.9 Å². The zero-order valence-corrected chi connectivity index (χ0v) is 17.2. The summed E-state index contributed by atoms with van der Waals surface area (Å²) in [6, 6.07) is 7.25. The Balaban J connectivity index is 1.97. The molecular weight excluding hydrogens is 378 g/mol. The highest BCUT2D eigenvalue weighted by Gasteiger charge is 2.13. The van der Waals surface area contributed by atoms with E-state index in [1.165, 1.54) is 11.8 Å². The molecule has 1 aromatic heterocycles. The van der Waals surface area contributed by atoms with Gasteiger partial charge >= 0.3 is 5.97 Å². The van der Waals surface area contributed by atoms with Crippen LogP contribution in [0.4, 0.5) is 0 Å². The molecule has 152 valence electrons. The standard InChI is InChI=1S/C20H27N3O4S/c1-3-5-13-23-19(26)15-9-6-7-10-16(15)22-20(23)28-14-17(24)21-12-8-11-18(25)27-4-2/h6-7,9-10H,3-5,8,11-14H2,1-2H3,(H,21,24). The van der Waals surface area contributed by atoms with Gasteiger partial charge in [0.1, 0.15) is 0 Å². The number of carbonyl (C=O) groups is 2. The maximum atomic E-state index is 12.8. The van der Waals surface area contributed by atoms with Crippen molar-refractivity contribution in [2.24, 2.45) is 0 Å². The van der Waals surface area contributed by atoms with E-state index in [0.29, 0.717) is 42.2 Å². The van der Waals surface area contributed by atoms with Gasteiger partial charge in [0.2, 0.25) is 5.91 Å². The second-order valence-electron chi connectivity index (χ2n) is 6.27. The van der Waals surface area contributed by atoms with Gasteiger partial charge in [-0.2, -0.15) is 0 Å². The van der Waals surface area contributed by atoms with Crippen LogP contribution in [0.5, 0.6) is 0 Å². The summed E-state index contributed by atoms with van der Waals surface area (Å²) in [4.78, 5) is 40.8. The first kappa shape index (κ1) is 21.9. The third-order valence-corrected chi connectivity index (χ3v) is 5.06. The SMILES string of the molecule is CCCCn1c(SCC(=O)NCCCC(=O)OCC)nc2ccccc2c1=O. The number of carbonyl (C=O) groups excluding carboxylic acids is 2. The molecule has 0 spiro atoms. The summed E-state index contributed by atoms with van der Waals surface area (Å²) in [5.74, 6) is -0.249.